The van der Waals surface area contributed by atoms with Gasteiger partial charge in [-0.25, -0.2) is 4.39 Å². The highest BCUT2D eigenvalue weighted by Crippen LogP contribution is 2.39. The monoisotopic (exact) mass is 132 g/mol. The standard InChI is InChI=1S/C6H11F.C2H6/c1-5-3-6(2,7)4-5;1-2/h5H,3-4H2,1-2H3;1-2H3. The molecule has 1 aliphatic carbocycles. The molecule has 0 aromatic carbocycles. The highest BCUT2D eigenvalue weighted by molar-refractivity contribution is 4.87. The lowest BCUT2D eigenvalue weighted by atomic mass is 9.75. The normalized spacial score (nSPS) is 40.3. The van der Waals surface area contributed by atoms with Crippen molar-refractivity contribution in [1.82, 2.24) is 0 Å². The van der Waals surface area contributed by atoms with Crippen molar-refractivity contribution in [2.24, 2.45) is 5.92 Å². The van der Waals surface area contributed by atoms with Crippen molar-refractivity contribution in [3.63, 3.8) is 0 Å². The van der Waals surface area contributed by atoms with Crippen LogP contribution in [0.5, 0.6) is 0 Å². The molecule has 56 valence electrons. The van der Waals surface area contributed by atoms with Gasteiger partial charge >= 0.3 is 0 Å². The average molecular weight is 132 g/mol. The Morgan fingerprint density at radius 3 is 1.67 bits per heavy atom. The fourth-order valence-corrected chi connectivity index (χ4v) is 1.39. The maximum absolute atomic E-state index is 12.5. The van der Waals surface area contributed by atoms with Gasteiger partial charge in [-0.3, -0.25) is 0 Å². The smallest absolute Gasteiger partial charge is 0.108 e. The Kier molecular flexibility index (Phi) is 3.16. The van der Waals surface area contributed by atoms with Crippen molar-refractivity contribution in [1.29, 1.82) is 0 Å². The summed E-state index contributed by atoms with van der Waals surface area (Å²) in [5.74, 6) is 0.634. The van der Waals surface area contributed by atoms with E-state index in [1.807, 2.05) is 13.8 Å². The fraction of sp³-hybridized carbons (Fsp3) is 1.00. The topological polar surface area (TPSA) is 0 Å². The van der Waals surface area contributed by atoms with E-state index in [-0.39, 0.29) is 0 Å². The molecule has 0 aromatic rings. The summed E-state index contributed by atoms with van der Waals surface area (Å²) in [4.78, 5) is 0. The van der Waals surface area contributed by atoms with E-state index in [1.54, 1.807) is 6.92 Å². The predicted octanol–water partition coefficient (Wildman–Crippen LogP) is 3.17. The molecule has 0 heterocycles. The second-order valence-corrected chi connectivity index (χ2v) is 2.93. The molecule has 0 amide bonds. The van der Waals surface area contributed by atoms with E-state index in [0.717, 1.165) is 12.8 Å². The molecule has 1 saturated carbocycles. The molecule has 1 fully saturated rings. The maximum atomic E-state index is 12.5. The van der Waals surface area contributed by atoms with Gasteiger partial charge in [0, 0.05) is 0 Å². The van der Waals surface area contributed by atoms with Gasteiger partial charge in [0.15, 0.2) is 0 Å². The summed E-state index contributed by atoms with van der Waals surface area (Å²) < 4.78 is 12.5. The van der Waals surface area contributed by atoms with E-state index in [1.165, 1.54) is 0 Å². The Morgan fingerprint density at radius 1 is 1.33 bits per heavy atom. The van der Waals surface area contributed by atoms with E-state index >= 15 is 0 Å². The molecule has 0 spiro atoms. The SMILES string of the molecule is CC.CC1CC(C)(F)C1. The third kappa shape index (κ3) is 2.83. The first-order chi connectivity index (χ1) is 4.10. The summed E-state index contributed by atoms with van der Waals surface area (Å²) in [7, 11) is 0. The van der Waals surface area contributed by atoms with Crippen LogP contribution in [0.25, 0.3) is 0 Å². The van der Waals surface area contributed by atoms with Crippen LogP contribution in [-0.4, -0.2) is 5.67 Å². The van der Waals surface area contributed by atoms with Gasteiger partial charge in [-0.2, -0.15) is 0 Å². The molecule has 0 bridgehead atoms. The zero-order valence-corrected chi connectivity index (χ0v) is 6.87. The first kappa shape index (κ1) is 8.93. The largest absolute Gasteiger partial charge is 0.244 e. The van der Waals surface area contributed by atoms with Crippen LogP contribution in [0.1, 0.15) is 40.5 Å². The van der Waals surface area contributed by atoms with E-state index in [0.29, 0.717) is 5.92 Å². The van der Waals surface area contributed by atoms with E-state index in [4.69, 9.17) is 0 Å². The molecule has 0 nitrogen and oxygen atoms in total. The Labute approximate surface area is 57.5 Å². The zero-order chi connectivity index (χ0) is 7.49. The second-order valence-electron chi connectivity index (χ2n) is 2.93. The molecule has 0 N–H and O–H groups in total. The lowest BCUT2D eigenvalue weighted by Crippen LogP contribution is -2.34. The Morgan fingerprint density at radius 2 is 1.67 bits per heavy atom. The van der Waals surface area contributed by atoms with Crippen molar-refractivity contribution < 1.29 is 4.39 Å². The van der Waals surface area contributed by atoms with Gasteiger partial charge in [0.05, 0.1) is 0 Å². The molecule has 0 aromatic heterocycles. The molecule has 0 aliphatic heterocycles. The van der Waals surface area contributed by atoms with Crippen molar-refractivity contribution in [2.45, 2.75) is 46.2 Å². The zero-order valence-electron chi connectivity index (χ0n) is 6.87. The summed E-state index contributed by atoms with van der Waals surface area (Å²) in [6.07, 6.45) is 1.54. The Balaban J connectivity index is 0.000000291. The summed E-state index contributed by atoms with van der Waals surface area (Å²) in [5, 5.41) is 0. The Hall–Kier alpha value is -0.0700. The fourth-order valence-electron chi connectivity index (χ4n) is 1.39. The molecule has 1 aliphatic rings. The molecule has 1 rings (SSSR count). The first-order valence-corrected chi connectivity index (χ1v) is 3.79. The van der Waals surface area contributed by atoms with Gasteiger partial charge < -0.3 is 0 Å². The molecule has 0 unspecified atom stereocenters. The summed E-state index contributed by atoms with van der Waals surface area (Å²) in [5.41, 5.74) is -0.806. The minimum absolute atomic E-state index is 0.634. The van der Waals surface area contributed by atoms with Gasteiger partial charge in [0.1, 0.15) is 5.67 Å². The van der Waals surface area contributed by atoms with Gasteiger partial charge in [0.25, 0.3) is 0 Å². The molecule has 0 atom stereocenters. The molecule has 0 saturated heterocycles. The third-order valence-corrected chi connectivity index (χ3v) is 1.55. The van der Waals surface area contributed by atoms with Crippen LogP contribution >= 0.6 is 0 Å². The first-order valence-electron chi connectivity index (χ1n) is 3.79. The third-order valence-electron chi connectivity index (χ3n) is 1.55. The van der Waals surface area contributed by atoms with Crippen LogP contribution in [0.2, 0.25) is 0 Å². The maximum Gasteiger partial charge on any atom is 0.108 e. The van der Waals surface area contributed by atoms with Gasteiger partial charge in [-0.15, -0.1) is 0 Å². The van der Waals surface area contributed by atoms with Crippen molar-refractivity contribution in [2.75, 3.05) is 0 Å². The predicted molar refractivity (Wildman–Crippen MR) is 39.3 cm³/mol. The quantitative estimate of drug-likeness (QED) is 0.475. The minimum atomic E-state index is -0.806. The van der Waals surface area contributed by atoms with Crippen LogP contribution < -0.4 is 0 Å². The average Bonchev–Trinajstić information content (AvgIpc) is 1.67. The number of halogens is 1. The molecule has 0 radical (unpaired) electrons. The lowest BCUT2D eigenvalue weighted by Gasteiger charge is -2.36. The van der Waals surface area contributed by atoms with E-state index in [2.05, 4.69) is 6.92 Å². The van der Waals surface area contributed by atoms with Gasteiger partial charge in [-0.05, 0) is 25.7 Å². The minimum Gasteiger partial charge on any atom is -0.244 e. The molecular formula is C8H17F. The molecule has 1 heteroatoms. The van der Waals surface area contributed by atoms with E-state index in [9.17, 15) is 4.39 Å². The van der Waals surface area contributed by atoms with E-state index < -0.39 is 5.67 Å². The number of hydrogen-bond donors (Lipinski definition) is 0. The number of hydrogen-bond acceptors (Lipinski definition) is 0. The molecule has 9 heavy (non-hydrogen) atoms. The van der Waals surface area contributed by atoms with Crippen LogP contribution in [0.15, 0.2) is 0 Å². The second kappa shape index (κ2) is 3.19. The number of alkyl halides is 1. The van der Waals surface area contributed by atoms with Gasteiger partial charge in [0.2, 0.25) is 0 Å². The van der Waals surface area contributed by atoms with Gasteiger partial charge in [-0.1, -0.05) is 20.8 Å². The Bertz CT molecular complexity index is 68.6. The summed E-state index contributed by atoms with van der Waals surface area (Å²) in [6, 6.07) is 0. The van der Waals surface area contributed by atoms with Crippen molar-refractivity contribution >= 4 is 0 Å². The highest BCUT2D eigenvalue weighted by atomic mass is 19.1. The van der Waals surface area contributed by atoms with Crippen LogP contribution in [0.4, 0.5) is 4.39 Å². The van der Waals surface area contributed by atoms with Crippen molar-refractivity contribution in [3.05, 3.63) is 0 Å². The summed E-state index contributed by atoms with van der Waals surface area (Å²) in [6.45, 7) is 7.76. The van der Waals surface area contributed by atoms with Crippen molar-refractivity contribution in [3.8, 4) is 0 Å². The lowest BCUT2D eigenvalue weighted by molar-refractivity contribution is 0.0347. The van der Waals surface area contributed by atoms with Crippen LogP contribution in [0.3, 0.4) is 0 Å². The number of rotatable bonds is 0. The van der Waals surface area contributed by atoms with Crippen LogP contribution in [-0.2, 0) is 0 Å². The van der Waals surface area contributed by atoms with Crippen LogP contribution in [0, 0.1) is 5.92 Å². The molecular weight excluding hydrogens is 115 g/mol. The summed E-state index contributed by atoms with van der Waals surface area (Å²) >= 11 is 0. The highest BCUT2D eigenvalue weighted by Gasteiger charge is 2.37.